The molecule has 7 aliphatic rings. The van der Waals surface area contributed by atoms with Crippen LogP contribution in [0.3, 0.4) is 0 Å². The van der Waals surface area contributed by atoms with Gasteiger partial charge in [0, 0.05) is 48.5 Å². The monoisotopic (exact) mass is 715 g/mol. The first-order valence-corrected chi connectivity index (χ1v) is 18.7. The van der Waals surface area contributed by atoms with Crippen molar-refractivity contribution in [2.75, 3.05) is 26.3 Å². The third-order valence-corrected chi connectivity index (χ3v) is 12.5. The van der Waals surface area contributed by atoms with Crippen molar-refractivity contribution in [3.63, 3.8) is 0 Å². The molecule has 8 rings (SSSR count). The number of hydrogen-bond donors (Lipinski definition) is 2. The Labute approximate surface area is 306 Å². The van der Waals surface area contributed by atoms with Crippen molar-refractivity contribution >= 4 is 23.6 Å². The highest BCUT2D eigenvalue weighted by Gasteiger charge is 2.85. The number of allylic oxidation sites excluding steroid dienone is 4. The van der Waals surface area contributed by atoms with E-state index in [0.29, 0.717) is 62.4 Å². The maximum atomic E-state index is 15.6. The predicted molar refractivity (Wildman–Crippen MR) is 196 cm³/mol. The van der Waals surface area contributed by atoms with Gasteiger partial charge in [0.2, 0.25) is 0 Å². The number of ketones is 2. The van der Waals surface area contributed by atoms with E-state index in [2.05, 4.69) is 30.9 Å². The summed E-state index contributed by atoms with van der Waals surface area (Å²) in [5.41, 5.74) is -1.16. The van der Waals surface area contributed by atoms with E-state index in [0.717, 1.165) is 12.0 Å². The first-order chi connectivity index (χ1) is 24.5. The summed E-state index contributed by atoms with van der Waals surface area (Å²) in [6.45, 7) is 17.6. The molecule has 4 aliphatic heterocycles. The van der Waals surface area contributed by atoms with Crippen LogP contribution >= 0.6 is 0 Å². The molecule has 52 heavy (non-hydrogen) atoms. The normalized spacial score (nSPS) is 34.1. The van der Waals surface area contributed by atoms with Crippen LogP contribution in [0.2, 0.25) is 0 Å². The summed E-state index contributed by atoms with van der Waals surface area (Å²) < 4.78 is 27.0. The van der Waals surface area contributed by atoms with Gasteiger partial charge in [-0.1, -0.05) is 29.4 Å². The van der Waals surface area contributed by atoms with Crippen LogP contribution in [0.5, 0.6) is 17.2 Å². The van der Waals surface area contributed by atoms with E-state index >= 15 is 9.59 Å². The molecule has 0 radical (unpaired) electrons. The van der Waals surface area contributed by atoms with E-state index in [4.69, 9.17) is 18.9 Å². The molecule has 4 bridgehead atoms. The van der Waals surface area contributed by atoms with Gasteiger partial charge in [-0.3, -0.25) is 14.5 Å². The molecule has 7 atom stereocenters. The molecule has 1 aromatic rings. The van der Waals surface area contributed by atoms with Crippen LogP contribution in [0, 0.1) is 17.8 Å². The number of aliphatic carboxylic acids is 1. The smallest absolute Gasteiger partial charge is 0.330 e. The zero-order valence-corrected chi connectivity index (χ0v) is 31.8. The average molecular weight is 716 g/mol. The number of fused-ring (bicyclic) bond motifs is 2. The van der Waals surface area contributed by atoms with Gasteiger partial charge >= 0.3 is 5.97 Å². The molecule has 1 aromatic carbocycles. The highest BCUT2D eigenvalue weighted by Crippen LogP contribution is 2.71. The van der Waals surface area contributed by atoms with Crippen LogP contribution in [0.25, 0.3) is 6.08 Å². The summed E-state index contributed by atoms with van der Waals surface area (Å²) in [6, 6.07) is -0.509. The van der Waals surface area contributed by atoms with Gasteiger partial charge in [0.05, 0.1) is 30.3 Å². The van der Waals surface area contributed by atoms with Crippen molar-refractivity contribution in [2.45, 2.75) is 116 Å². The van der Waals surface area contributed by atoms with Gasteiger partial charge in [0.1, 0.15) is 28.4 Å². The Morgan fingerprint density at radius 3 is 2.33 bits per heavy atom. The fourth-order valence-corrected chi connectivity index (χ4v) is 10.1. The van der Waals surface area contributed by atoms with Gasteiger partial charge in [-0.15, -0.1) is 0 Å². The number of aromatic hydroxyl groups is 1. The molecule has 10 nitrogen and oxygen atoms in total. The van der Waals surface area contributed by atoms with Gasteiger partial charge < -0.3 is 29.2 Å². The third-order valence-electron chi connectivity index (χ3n) is 12.5. The molecule has 280 valence electrons. The quantitative estimate of drug-likeness (QED) is 0.212. The SMILES string of the molecule is CC(C)=CCCC1(C)C=Cc2c(O)c3c(c(CC=C(C)C)c2O1)OC12C(C3=O)C(N3CCOCC3)C3CC1C(C)(C)OC2(C/C=C(/C)C(=O)O)C3=O. The van der Waals surface area contributed by atoms with Crippen LogP contribution in [-0.4, -0.2) is 87.4 Å². The Morgan fingerprint density at radius 2 is 1.67 bits per heavy atom. The number of rotatable bonds is 9. The Morgan fingerprint density at radius 1 is 0.981 bits per heavy atom. The Balaban J connectivity index is 1.48. The van der Waals surface area contributed by atoms with Gasteiger partial charge in [-0.25, -0.2) is 4.79 Å². The maximum Gasteiger partial charge on any atom is 0.330 e. The molecule has 4 heterocycles. The molecule has 0 aromatic heterocycles. The lowest BCUT2D eigenvalue weighted by atomic mass is 9.44. The first-order valence-electron chi connectivity index (χ1n) is 18.7. The number of hydrogen-bond acceptors (Lipinski definition) is 9. The van der Waals surface area contributed by atoms with Crippen LogP contribution in [0.4, 0.5) is 0 Å². The minimum Gasteiger partial charge on any atom is -0.506 e. The number of carbonyl (C=O) groups is 3. The second-order valence-corrected chi connectivity index (χ2v) is 16.9. The lowest BCUT2D eigenvalue weighted by molar-refractivity contribution is -0.216. The van der Waals surface area contributed by atoms with Gasteiger partial charge in [-0.05, 0) is 93.2 Å². The van der Waals surface area contributed by atoms with Crippen LogP contribution in [0.1, 0.15) is 103 Å². The predicted octanol–water partition coefficient (Wildman–Crippen LogP) is 6.63. The van der Waals surface area contributed by atoms with E-state index in [9.17, 15) is 15.0 Å². The van der Waals surface area contributed by atoms with Crippen LogP contribution in [0.15, 0.2) is 41.0 Å². The number of benzene rings is 1. The van der Waals surface area contributed by atoms with Crippen molar-refractivity contribution in [3.05, 3.63) is 57.7 Å². The molecule has 1 spiro atoms. The Bertz CT molecular complexity index is 1840. The van der Waals surface area contributed by atoms with Crippen molar-refractivity contribution in [3.8, 4) is 17.2 Å². The van der Waals surface area contributed by atoms with E-state index in [1.165, 1.54) is 12.5 Å². The zero-order valence-electron chi connectivity index (χ0n) is 31.8. The number of carbonyl (C=O) groups excluding carboxylic acids is 2. The fraction of sp³-hybridized carbons (Fsp3) is 0.595. The third kappa shape index (κ3) is 5.34. The van der Waals surface area contributed by atoms with Crippen molar-refractivity contribution in [1.82, 2.24) is 4.90 Å². The highest BCUT2D eigenvalue weighted by molar-refractivity contribution is 6.10. The number of carboxylic acid groups (broad SMARTS) is 1. The van der Waals surface area contributed by atoms with Crippen LogP contribution < -0.4 is 9.47 Å². The number of morpholine rings is 1. The Hall–Kier alpha value is -3.73. The topological polar surface area (TPSA) is 132 Å². The number of carboxylic acids is 1. The largest absolute Gasteiger partial charge is 0.506 e. The molecule has 10 heteroatoms. The number of Topliss-reactive ketones (excluding diaryl/α,β-unsaturated/α-hetero) is 2. The molecule has 0 amide bonds. The number of phenolic OH excluding ortho intramolecular Hbond substituents is 1. The van der Waals surface area contributed by atoms with Gasteiger partial charge in [0.25, 0.3) is 0 Å². The highest BCUT2D eigenvalue weighted by atomic mass is 16.6. The molecule has 3 aliphatic carbocycles. The Kier molecular flexibility index (Phi) is 8.94. The average Bonchev–Trinajstić information content (AvgIpc) is 3.22. The molecule has 2 N–H and O–H groups in total. The lowest BCUT2D eigenvalue weighted by Crippen LogP contribution is -2.82. The minimum absolute atomic E-state index is 0.0583. The summed E-state index contributed by atoms with van der Waals surface area (Å²) in [6.07, 6.45) is 11.8. The molecular weight excluding hydrogens is 662 g/mol. The number of ether oxygens (including phenoxy) is 4. The van der Waals surface area contributed by atoms with Crippen molar-refractivity contribution in [2.24, 2.45) is 17.8 Å². The van der Waals surface area contributed by atoms with Gasteiger partial charge in [0.15, 0.2) is 22.8 Å². The summed E-state index contributed by atoms with van der Waals surface area (Å²) in [7, 11) is 0. The second kappa shape index (κ2) is 12.7. The molecular formula is C42H53NO9. The van der Waals surface area contributed by atoms with E-state index in [1.807, 2.05) is 46.8 Å². The summed E-state index contributed by atoms with van der Waals surface area (Å²) in [5.74, 6) is -2.86. The standard InChI is InChI=1S/C42H53NO9/c1-23(2)10-9-15-40(8)16-14-26-33(44)30-34(45)31-32(43-18-20-49-21-19-43)28-22-29-39(6,7)52-41(37(28)46,17-13-25(5)38(47)48)42(29,31)51-36(30)27(35(26)50-40)12-11-24(3)4/h10-11,13-14,16,28-29,31-32,44H,9,12,15,17-22H2,1-8H3,(H,47,48)/b25-13-. The van der Waals surface area contributed by atoms with Crippen LogP contribution in [-0.2, 0) is 25.5 Å². The molecule has 2 saturated heterocycles. The van der Waals surface area contributed by atoms with E-state index in [-0.39, 0.29) is 46.5 Å². The van der Waals surface area contributed by atoms with E-state index in [1.54, 1.807) is 6.08 Å². The molecule has 3 saturated carbocycles. The summed E-state index contributed by atoms with van der Waals surface area (Å²) in [4.78, 5) is 45.0. The van der Waals surface area contributed by atoms with E-state index < -0.39 is 46.3 Å². The lowest BCUT2D eigenvalue weighted by Gasteiger charge is -2.64. The summed E-state index contributed by atoms with van der Waals surface area (Å²) in [5, 5.41) is 22.0. The van der Waals surface area contributed by atoms with Crippen molar-refractivity contribution < 1.29 is 43.5 Å². The maximum absolute atomic E-state index is 15.6. The first kappa shape index (κ1) is 36.6. The second-order valence-electron chi connectivity index (χ2n) is 16.9. The van der Waals surface area contributed by atoms with Crippen molar-refractivity contribution in [1.29, 1.82) is 0 Å². The van der Waals surface area contributed by atoms with Gasteiger partial charge in [-0.2, -0.15) is 0 Å². The zero-order chi connectivity index (χ0) is 37.5. The fourth-order valence-electron chi connectivity index (χ4n) is 10.1. The number of nitrogens with zero attached hydrogens (tertiary/aromatic N) is 1. The summed E-state index contributed by atoms with van der Waals surface area (Å²) >= 11 is 0. The molecule has 7 unspecified atom stereocenters. The number of phenols is 1. The molecule has 5 fully saturated rings. The minimum atomic E-state index is -1.64.